The molecule has 0 N–H and O–H groups in total. The van der Waals surface area contributed by atoms with Gasteiger partial charge in [-0.1, -0.05) is 190 Å². The molecule has 5 aliphatic rings. The van der Waals surface area contributed by atoms with Gasteiger partial charge in [0.2, 0.25) is 0 Å². The van der Waals surface area contributed by atoms with Crippen LogP contribution in [-0.2, 0) is 10.8 Å². The standard InChI is InChI=1S/C71H53N3/c1-70(2)61-35-19-16-32-56(61)59-45-44-55(46-65(59)70)73(52-28-8-3-4-9-29-52)68-48-69-66(47-60(68)49-40-42-54(43-41-49)72(50-24-10-5-11-25-50)51-26-12-6-13-27-51)71(62-36-20-17-33-57(62)58-34-18-21-37-63(58)71)64-38-22-23-39-67(64)74(69)53-30-14-7-15-31-53/h3,5-8,10-28,30-40,42,44-48H,4,41,43H2,1-2H3. The Morgan fingerprint density at radius 1 is 0.432 bits per heavy atom. The monoisotopic (exact) mass is 947 g/mol. The van der Waals surface area contributed by atoms with Crippen LogP contribution in [0, 0.1) is 11.8 Å². The van der Waals surface area contributed by atoms with Crippen LogP contribution in [0.3, 0.4) is 0 Å². The van der Waals surface area contributed by atoms with Crippen molar-refractivity contribution in [1.29, 1.82) is 0 Å². The zero-order valence-electron chi connectivity index (χ0n) is 41.6. The minimum Gasteiger partial charge on any atom is -0.314 e. The molecule has 3 nitrogen and oxygen atoms in total. The van der Waals surface area contributed by atoms with E-state index in [1.54, 1.807) is 0 Å². The van der Waals surface area contributed by atoms with Crippen molar-refractivity contribution < 1.29 is 0 Å². The predicted octanol–water partition coefficient (Wildman–Crippen LogP) is 18.0. The molecule has 0 unspecified atom stereocenters. The SMILES string of the molecule is CC1(C)c2ccccc2-c2ccc(N(C3=CC=CCC#C3)c3cc4c(cc3C3=CC=C(N(c5ccccc5)c5ccccc5)CC3)C3(c5ccccc5-c5ccccc53)c3ccccc3N4c3ccccc3)cc21. The average Bonchev–Trinajstić information content (AvgIpc) is 3.71. The second-order valence-corrected chi connectivity index (χ2v) is 20.5. The van der Waals surface area contributed by atoms with Crippen LogP contribution >= 0.6 is 0 Å². The number of rotatable bonds is 8. The van der Waals surface area contributed by atoms with Gasteiger partial charge in [0.15, 0.2) is 0 Å². The molecule has 0 bridgehead atoms. The lowest BCUT2D eigenvalue weighted by molar-refractivity contribution is 0.660. The van der Waals surface area contributed by atoms with Crippen LogP contribution in [-0.4, -0.2) is 0 Å². The van der Waals surface area contributed by atoms with Gasteiger partial charge in [-0.2, -0.15) is 0 Å². The lowest BCUT2D eigenvalue weighted by Crippen LogP contribution is -2.36. The van der Waals surface area contributed by atoms with Gasteiger partial charge in [-0.15, -0.1) is 0 Å². The lowest BCUT2D eigenvalue weighted by Gasteiger charge is -2.46. The van der Waals surface area contributed by atoms with Crippen LogP contribution < -0.4 is 14.7 Å². The van der Waals surface area contributed by atoms with Crippen LogP contribution in [0.15, 0.2) is 260 Å². The molecule has 0 saturated carbocycles. The van der Waals surface area contributed by atoms with Crippen LogP contribution in [0.1, 0.15) is 72.1 Å². The number of fused-ring (bicyclic) bond motifs is 12. The van der Waals surface area contributed by atoms with E-state index in [-0.39, 0.29) is 5.41 Å². The summed E-state index contributed by atoms with van der Waals surface area (Å²) < 4.78 is 0. The molecule has 0 atom stereocenters. The first kappa shape index (κ1) is 43.7. The third-order valence-electron chi connectivity index (χ3n) is 16.2. The lowest BCUT2D eigenvalue weighted by atomic mass is 9.64. The molecule has 0 saturated heterocycles. The number of benzene rings is 9. The van der Waals surface area contributed by atoms with Gasteiger partial charge in [0.05, 0.1) is 28.2 Å². The quantitative estimate of drug-likeness (QED) is 0.141. The first-order valence-corrected chi connectivity index (χ1v) is 26.0. The van der Waals surface area contributed by atoms with E-state index < -0.39 is 5.41 Å². The number of nitrogens with zero attached hydrogens (tertiary/aromatic N) is 3. The van der Waals surface area contributed by atoms with Crippen molar-refractivity contribution in [3.63, 3.8) is 0 Å². The molecule has 0 aromatic heterocycles. The summed E-state index contributed by atoms with van der Waals surface area (Å²) in [6.07, 6.45) is 13.7. The van der Waals surface area contributed by atoms with E-state index in [2.05, 4.69) is 289 Å². The molecule has 352 valence electrons. The van der Waals surface area contributed by atoms with Gasteiger partial charge in [-0.05, 0) is 159 Å². The van der Waals surface area contributed by atoms with E-state index in [0.717, 1.165) is 52.7 Å². The summed E-state index contributed by atoms with van der Waals surface area (Å²) >= 11 is 0. The second-order valence-electron chi connectivity index (χ2n) is 20.5. The summed E-state index contributed by atoms with van der Waals surface area (Å²) in [7, 11) is 0. The van der Waals surface area contributed by atoms with E-state index in [9.17, 15) is 0 Å². The van der Waals surface area contributed by atoms with Gasteiger partial charge in [0.1, 0.15) is 0 Å². The van der Waals surface area contributed by atoms with Crippen molar-refractivity contribution in [2.45, 2.75) is 43.9 Å². The molecule has 14 rings (SSSR count). The number of para-hydroxylation sites is 4. The summed E-state index contributed by atoms with van der Waals surface area (Å²) in [5.41, 5.74) is 24.7. The molecule has 3 heteroatoms. The molecule has 0 fully saturated rings. The van der Waals surface area contributed by atoms with E-state index in [1.165, 1.54) is 78.2 Å². The van der Waals surface area contributed by atoms with E-state index in [4.69, 9.17) is 0 Å². The van der Waals surface area contributed by atoms with Gasteiger partial charge >= 0.3 is 0 Å². The Hall–Kier alpha value is -9.10. The van der Waals surface area contributed by atoms with Crippen molar-refractivity contribution in [1.82, 2.24) is 0 Å². The zero-order chi connectivity index (χ0) is 49.4. The Labute approximate surface area is 435 Å². The summed E-state index contributed by atoms with van der Waals surface area (Å²) in [4.78, 5) is 7.42. The fourth-order valence-electron chi connectivity index (χ4n) is 12.9. The number of hydrogen-bond donors (Lipinski definition) is 0. The van der Waals surface area contributed by atoms with Crippen LogP contribution in [0.5, 0.6) is 0 Å². The molecule has 4 aliphatic carbocycles. The van der Waals surface area contributed by atoms with Crippen LogP contribution in [0.4, 0.5) is 39.8 Å². The first-order chi connectivity index (χ1) is 36.5. The van der Waals surface area contributed by atoms with Crippen LogP contribution in [0.25, 0.3) is 27.8 Å². The molecular formula is C71H53N3. The molecule has 1 aliphatic heterocycles. The van der Waals surface area contributed by atoms with Gasteiger partial charge < -0.3 is 14.7 Å². The summed E-state index contributed by atoms with van der Waals surface area (Å²) in [5.74, 6) is 7.24. The third-order valence-corrected chi connectivity index (χ3v) is 16.2. The Balaban J connectivity index is 1.08. The molecule has 0 amide bonds. The summed E-state index contributed by atoms with van der Waals surface area (Å²) in [5, 5.41) is 0. The van der Waals surface area contributed by atoms with Crippen molar-refractivity contribution in [2.24, 2.45) is 0 Å². The smallest absolute Gasteiger partial charge is 0.0969 e. The molecule has 9 aromatic carbocycles. The summed E-state index contributed by atoms with van der Waals surface area (Å²) in [6, 6.07) is 81.1. The molecular weight excluding hydrogens is 895 g/mol. The van der Waals surface area contributed by atoms with Gasteiger partial charge in [-0.3, -0.25) is 0 Å². The Kier molecular flexibility index (Phi) is 10.2. The number of allylic oxidation sites excluding steroid dienone is 8. The zero-order valence-corrected chi connectivity index (χ0v) is 41.6. The highest BCUT2D eigenvalue weighted by Gasteiger charge is 2.52. The topological polar surface area (TPSA) is 9.72 Å². The van der Waals surface area contributed by atoms with Gasteiger partial charge in [0, 0.05) is 45.8 Å². The Morgan fingerprint density at radius 2 is 1.01 bits per heavy atom. The number of hydrogen-bond acceptors (Lipinski definition) is 3. The van der Waals surface area contributed by atoms with Crippen LogP contribution in [0.2, 0.25) is 0 Å². The molecule has 74 heavy (non-hydrogen) atoms. The highest BCUT2D eigenvalue weighted by atomic mass is 15.2. The normalized spacial score (nSPS) is 15.6. The van der Waals surface area contributed by atoms with Gasteiger partial charge in [0.25, 0.3) is 0 Å². The minimum atomic E-state index is -0.621. The van der Waals surface area contributed by atoms with Crippen molar-refractivity contribution >= 4 is 45.4 Å². The molecule has 1 spiro atoms. The van der Waals surface area contributed by atoms with E-state index in [1.807, 2.05) is 0 Å². The van der Waals surface area contributed by atoms with Crippen molar-refractivity contribution in [2.75, 3.05) is 14.7 Å². The van der Waals surface area contributed by atoms with Crippen molar-refractivity contribution in [3.05, 3.63) is 299 Å². The minimum absolute atomic E-state index is 0.199. The van der Waals surface area contributed by atoms with E-state index >= 15 is 0 Å². The Bertz CT molecular complexity index is 3830. The maximum Gasteiger partial charge on any atom is 0.0969 e. The maximum atomic E-state index is 3.71. The third kappa shape index (κ3) is 6.61. The molecule has 0 radical (unpaired) electrons. The highest BCUT2D eigenvalue weighted by molar-refractivity contribution is 6.00. The summed E-state index contributed by atoms with van der Waals surface area (Å²) in [6.45, 7) is 4.75. The van der Waals surface area contributed by atoms with E-state index in [0.29, 0.717) is 6.42 Å². The Morgan fingerprint density at radius 3 is 1.68 bits per heavy atom. The second kappa shape index (κ2) is 17.3. The number of anilines is 7. The maximum absolute atomic E-state index is 3.71. The largest absolute Gasteiger partial charge is 0.314 e. The van der Waals surface area contributed by atoms with Gasteiger partial charge in [-0.25, -0.2) is 0 Å². The predicted molar refractivity (Wildman–Crippen MR) is 308 cm³/mol. The first-order valence-electron chi connectivity index (χ1n) is 26.0. The average molecular weight is 948 g/mol. The fourth-order valence-corrected chi connectivity index (χ4v) is 12.9. The molecule has 1 heterocycles. The van der Waals surface area contributed by atoms with Crippen molar-refractivity contribution in [3.8, 4) is 34.1 Å². The highest BCUT2D eigenvalue weighted by Crippen LogP contribution is 2.65. The fraction of sp³-hybridized carbons (Fsp3) is 0.0986. The molecule has 9 aromatic rings.